The molecular formula is C15H16N4O2. The third kappa shape index (κ3) is 2.53. The molecule has 1 saturated heterocycles. The zero-order valence-corrected chi connectivity index (χ0v) is 11.7. The molecule has 6 heteroatoms. The van der Waals surface area contributed by atoms with E-state index in [9.17, 15) is 5.11 Å². The summed E-state index contributed by atoms with van der Waals surface area (Å²) in [7, 11) is 0. The summed E-state index contributed by atoms with van der Waals surface area (Å²) < 4.78 is 5.66. The second-order valence-corrected chi connectivity index (χ2v) is 5.16. The summed E-state index contributed by atoms with van der Waals surface area (Å²) in [5.41, 5.74) is 1.86. The van der Waals surface area contributed by atoms with Crippen molar-refractivity contribution in [2.45, 2.75) is 19.1 Å². The van der Waals surface area contributed by atoms with Gasteiger partial charge in [-0.2, -0.15) is 5.26 Å². The number of aliphatic hydroxyl groups is 1. The van der Waals surface area contributed by atoms with Crippen molar-refractivity contribution in [1.29, 1.82) is 5.26 Å². The molecule has 2 atom stereocenters. The van der Waals surface area contributed by atoms with E-state index in [2.05, 4.69) is 20.9 Å². The van der Waals surface area contributed by atoms with Crippen LogP contribution in [0.3, 0.4) is 0 Å². The normalized spacial score (nSPS) is 22.2. The first kappa shape index (κ1) is 13.7. The van der Waals surface area contributed by atoms with Crippen molar-refractivity contribution in [1.82, 2.24) is 9.97 Å². The maximum Gasteiger partial charge on any atom is 0.166 e. The van der Waals surface area contributed by atoms with Gasteiger partial charge in [0, 0.05) is 24.7 Å². The van der Waals surface area contributed by atoms with Crippen molar-refractivity contribution in [3.63, 3.8) is 0 Å². The maximum atomic E-state index is 9.35. The molecule has 1 aliphatic heterocycles. The molecule has 21 heavy (non-hydrogen) atoms. The van der Waals surface area contributed by atoms with Gasteiger partial charge in [-0.1, -0.05) is 0 Å². The quantitative estimate of drug-likeness (QED) is 0.889. The first-order valence-corrected chi connectivity index (χ1v) is 6.88. The Bertz CT molecular complexity index is 698. The molecule has 1 N–H and O–H groups in total. The minimum absolute atomic E-state index is 0.0132. The molecule has 2 aromatic heterocycles. The average Bonchev–Trinajstić information content (AvgIpc) is 2.53. The molecule has 0 saturated carbocycles. The van der Waals surface area contributed by atoms with Crippen molar-refractivity contribution < 1.29 is 9.84 Å². The lowest BCUT2D eigenvalue weighted by molar-refractivity contribution is -0.0420. The van der Waals surface area contributed by atoms with Crippen LogP contribution in [0, 0.1) is 11.3 Å². The molecule has 0 spiro atoms. The van der Waals surface area contributed by atoms with Crippen molar-refractivity contribution >= 4 is 16.6 Å². The van der Waals surface area contributed by atoms with Crippen LogP contribution in [0.4, 0.5) is 5.69 Å². The Morgan fingerprint density at radius 2 is 2.33 bits per heavy atom. The van der Waals surface area contributed by atoms with Gasteiger partial charge >= 0.3 is 0 Å². The second kappa shape index (κ2) is 5.64. The van der Waals surface area contributed by atoms with Crippen LogP contribution in [-0.4, -0.2) is 47.0 Å². The molecule has 6 nitrogen and oxygen atoms in total. The van der Waals surface area contributed by atoms with Gasteiger partial charge in [0.05, 0.1) is 30.7 Å². The van der Waals surface area contributed by atoms with Crippen LogP contribution in [0.1, 0.15) is 12.6 Å². The van der Waals surface area contributed by atoms with Gasteiger partial charge in [-0.05, 0) is 19.1 Å². The first-order chi connectivity index (χ1) is 10.2. The van der Waals surface area contributed by atoms with Crippen LogP contribution >= 0.6 is 0 Å². The van der Waals surface area contributed by atoms with Crippen LogP contribution in [0.5, 0.6) is 0 Å². The number of hydrogen-bond donors (Lipinski definition) is 1. The minimum atomic E-state index is -0.212. The average molecular weight is 284 g/mol. The number of aromatic nitrogens is 2. The molecule has 3 rings (SSSR count). The molecule has 0 radical (unpaired) electrons. The molecular weight excluding hydrogens is 268 g/mol. The summed E-state index contributed by atoms with van der Waals surface area (Å²) in [6.45, 7) is 3.28. The lowest BCUT2D eigenvalue weighted by atomic mass is 10.1. The molecule has 2 aromatic rings. The molecule has 3 heterocycles. The summed E-state index contributed by atoms with van der Waals surface area (Å²) in [6.07, 6.45) is 3.18. The molecule has 108 valence electrons. The van der Waals surface area contributed by atoms with Gasteiger partial charge in [0.15, 0.2) is 5.69 Å². The van der Waals surface area contributed by atoms with E-state index >= 15 is 0 Å². The van der Waals surface area contributed by atoms with E-state index < -0.39 is 0 Å². The second-order valence-electron chi connectivity index (χ2n) is 5.16. The number of anilines is 1. The van der Waals surface area contributed by atoms with E-state index in [0.29, 0.717) is 24.3 Å². The Balaban J connectivity index is 2.07. The summed E-state index contributed by atoms with van der Waals surface area (Å²) in [5, 5.41) is 19.4. The third-order valence-electron chi connectivity index (χ3n) is 3.60. The highest BCUT2D eigenvalue weighted by atomic mass is 16.5. The van der Waals surface area contributed by atoms with Crippen molar-refractivity contribution in [2.24, 2.45) is 0 Å². The van der Waals surface area contributed by atoms with E-state index in [4.69, 9.17) is 10.00 Å². The minimum Gasteiger partial charge on any atom is -0.394 e. The molecule has 1 fully saturated rings. The predicted octanol–water partition coefficient (Wildman–Crippen LogP) is 1.09. The molecule has 0 aliphatic carbocycles. The van der Waals surface area contributed by atoms with Gasteiger partial charge in [-0.3, -0.25) is 4.98 Å². The van der Waals surface area contributed by atoms with Gasteiger partial charge < -0.3 is 14.7 Å². The van der Waals surface area contributed by atoms with Crippen LogP contribution in [0.2, 0.25) is 0 Å². The third-order valence-corrected chi connectivity index (χ3v) is 3.60. The van der Waals surface area contributed by atoms with Gasteiger partial charge in [-0.15, -0.1) is 0 Å². The monoisotopic (exact) mass is 284 g/mol. The Morgan fingerprint density at radius 3 is 3.10 bits per heavy atom. The van der Waals surface area contributed by atoms with Crippen LogP contribution < -0.4 is 4.90 Å². The number of ether oxygens (including phenoxy) is 1. The fourth-order valence-corrected chi connectivity index (χ4v) is 2.73. The smallest absolute Gasteiger partial charge is 0.166 e. The predicted molar refractivity (Wildman–Crippen MR) is 77.9 cm³/mol. The van der Waals surface area contributed by atoms with E-state index in [1.165, 1.54) is 0 Å². The summed E-state index contributed by atoms with van der Waals surface area (Å²) in [6, 6.07) is 5.86. The largest absolute Gasteiger partial charge is 0.394 e. The Labute approximate surface area is 122 Å². The summed E-state index contributed by atoms with van der Waals surface area (Å²) in [5.74, 6) is 0. The number of fused-ring (bicyclic) bond motifs is 1. The topological polar surface area (TPSA) is 82.3 Å². The summed E-state index contributed by atoms with van der Waals surface area (Å²) in [4.78, 5) is 10.6. The summed E-state index contributed by atoms with van der Waals surface area (Å²) >= 11 is 0. The van der Waals surface area contributed by atoms with E-state index in [0.717, 1.165) is 11.1 Å². The Morgan fingerprint density at radius 1 is 1.48 bits per heavy atom. The fourth-order valence-electron chi connectivity index (χ4n) is 2.73. The first-order valence-electron chi connectivity index (χ1n) is 6.88. The van der Waals surface area contributed by atoms with E-state index in [1.807, 2.05) is 19.1 Å². The Kier molecular flexibility index (Phi) is 3.69. The SMILES string of the molecule is CC1CN(c2cnc(C#N)c3ncccc23)CC(CO)O1. The zero-order valence-electron chi connectivity index (χ0n) is 11.7. The molecule has 0 bridgehead atoms. The number of nitrogens with zero attached hydrogens (tertiary/aromatic N) is 4. The molecule has 1 aliphatic rings. The van der Waals surface area contributed by atoms with E-state index in [-0.39, 0.29) is 18.8 Å². The number of nitriles is 1. The standard InChI is InChI=1S/C15H16N4O2/c1-10-7-19(8-11(9-20)21-10)14-6-18-13(5-16)15-12(14)3-2-4-17-15/h2-4,6,10-11,20H,7-9H2,1H3. The van der Waals surface area contributed by atoms with Crippen molar-refractivity contribution in [3.8, 4) is 6.07 Å². The van der Waals surface area contributed by atoms with Crippen LogP contribution in [0.25, 0.3) is 10.9 Å². The lowest BCUT2D eigenvalue weighted by Crippen LogP contribution is -2.48. The molecule has 0 amide bonds. The lowest BCUT2D eigenvalue weighted by Gasteiger charge is -2.37. The zero-order chi connectivity index (χ0) is 14.8. The number of aliphatic hydroxyl groups excluding tert-OH is 1. The highest BCUT2D eigenvalue weighted by molar-refractivity contribution is 5.93. The highest BCUT2D eigenvalue weighted by Crippen LogP contribution is 2.28. The number of rotatable bonds is 2. The molecule has 2 unspecified atom stereocenters. The highest BCUT2D eigenvalue weighted by Gasteiger charge is 2.26. The van der Waals surface area contributed by atoms with Crippen molar-refractivity contribution in [3.05, 3.63) is 30.2 Å². The van der Waals surface area contributed by atoms with Crippen LogP contribution in [-0.2, 0) is 4.74 Å². The van der Waals surface area contributed by atoms with Gasteiger partial charge in [0.2, 0.25) is 0 Å². The van der Waals surface area contributed by atoms with Crippen molar-refractivity contribution in [2.75, 3.05) is 24.6 Å². The fraction of sp³-hybridized carbons (Fsp3) is 0.400. The van der Waals surface area contributed by atoms with E-state index in [1.54, 1.807) is 12.4 Å². The Hall–Kier alpha value is -2.23. The van der Waals surface area contributed by atoms with Crippen LogP contribution in [0.15, 0.2) is 24.5 Å². The van der Waals surface area contributed by atoms with Gasteiger partial charge in [-0.25, -0.2) is 4.98 Å². The molecule has 0 aromatic carbocycles. The van der Waals surface area contributed by atoms with Gasteiger partial charge in [0.1, 0.15) is 11.6 Å². The number of hydrogen-bond acceptors (Lipinski definition) is 6. The number of morpholine rings is 1. The maximum absolute atomic E-state index is 9.35. The van der Waals surface area contributed by atoms with Gasteiger partial charge in [0.25, 0.3) is 0 Å². The number of pyridine rings is 2.